The number of anilines is 2. The molecule has 10 heteroatoms. The van der Waals surface area contributed by atoms with E-state index in [4.69, 9.17) is 9.84 Å². The molecule has 36 heavy (non-hydrogen) atoms. The van der Waals surface area contributed by atoms with Crippen LogP contribution in [0, 0.1) is 0 Å². The van der Waals surface area contributed by atoms with Crippen molar-refractivity contribution in [1.82, 2.24) is 10.2 Å². The Morgan fingerprint density at radius 3 is 2.42 bits per heavy atom. The van der Waals surface area contributed by atoms with Gasteiger partial charge in [-0.2, -0.15) is 13.2 Å². The van der Waals surface area contributed by atoms with Gasteiger partial charge in [-0.05, 0) is 42.0 Å². The SMILES string of the molecule is O=C(O)c1ccc(N2CCC3(CC2)CCN(Cc2cccc(C(F)(F)F)c2)c2ccccc2O3)nn1. The normalized spacial score (nSPS) is 17.3. The van der Waals surface area contributed by atoms with Gasteiger partial charge in [-0.15, -0.1) is 10.2 Å². The molecule has 7 nitrogen and oxygen atoms in total. The first kappa shape index (κ1) is 23.9. The molecule has 0 saturated carbocycles. The van der Waals surface area contributed by atoms with Crippen molar-refractivity contribution in [2.24, 2.45) is 0 Å². The van der Waals surface area contributed by atoms with Crippen LogP contribution in [-0.2, 0) is 12.7 Å². The fraction of sp³-hybridized carbons (Fsp3) is 0.346. The van der Waals surface area contributed by atoms with E-state index in [1.165, 1.54) is 18.2 Å². The van der Waals surface area contributed by atoms with E-state index in [0.29, 0.717) is 37.6 Å². The number of carbonyl (C=O) groups is 1. The summed E-state index contributed by atoms with van der Waals surface area (Å²) >= 11 is 0. The molecule has 0 bridgehead atoms. The van der Waals surface area contributed by atoms with Gasteiger partial charge in [0.05, 0.1) is 11.3 Å². The van der Waals surface area contributed by atoms with E-state index < -0.39 is 23.3 Å². The minimum Gasteiger partial charge on any atom is -0.485 e. The van der Waals surface area contributed by atoms with Gasteiger partial charge >= 0.3 is 12.1 Å². The number of hydrogen-bond donors (Lipinski definition) is 1. The third-order valence-electron chi connectivity index (χ3n) is 6.87. The second-order valence-electron chi connectivity index (χ2n) is 9.19. The number of halogens is 3. The fourth-order valence-electron chi connectivity index (χ4n) is 4.88. The number of hydrogen-bond acceptors (Lipinski definition) is 6. The van der Waals surface area contributed by atoms with Gasteiger partial charge in [0.15, 0.2) is 11.5 Å². The maximum Gasteiger partial charge on any atom is 0.416 e. The predicted molar refractivity (Wildman–Crippen MR) is 127 cm³/mol. The smallest absolute Gasteiger partial charge is 0.416 e. The van der Waals surface area contributed by atoms with Crippen LogP contribution in [0.1, 0.15) is 40.9 Å². The van der Waals surface area contributed by atoms with Crippen LogP contribution in [0.5, 0.6) is 5.75 Å². The van der Waals surface area contributed by atoms with Crippen molar-refractivity contribution in [3.05, 3.63) is 77.5 Å². The Kier molecular flexibility index (Phi) is 6.19. The molecular weight excluding hydrogens is 473 g/mol. The molecule has 1 saturated heterocycles. The van der Waals surface area contributed by atoms with Crippen LogP contribution in [0.4, 0.5) is 24.7 Å². The van der Waals surface area contributed by atoms with E-state index in [-0.39, 0.29) is 5.69 Å². The van der Waals surface area contributed by atoms with Crippen molar-refractivity contribution < 1.29 is 27.8 Å². The number of piperidine rings is 1. The summed E-state index contributed by atoms with van der Waals surface area (Å²) in [6.45, 7) is 2.31. The van der Waals surface area contributed by atoms with Gasteiger partial charge in [-0.25, -0.2) is 4.79 Å². The number of fused-ring (bicyclic) bond motifs is 1. The average Bonchev–Trinajstić information content (AvgIpc) is 3.01. The summed E-state index contributed by atoms with van der Waals surface area (Å²) < 4.78 is 46.3. The number of aromatic carboxylic acids is 1. The highest BCUT2D eigenvalue weighted by molar-refractivity contribution is 5.85. The lowest BCUT2D eigenvalue weighted by Gasteiger charge is -2.41. The number of alkyl halides is 3. The first-order valence-electron chi connectivity index (χ1n) is 11.7. The number of para-hydroxylation sites is 2. The summed E-state index contributed by atoms with van der Waals surface area (Å²) in [5.41, 5.74) is 0.293. The quantitative estimate of drug-likeness (QED) is 0.541. The Labute approximate surface area is 206 Å². The van der Waals surface area contributed by atoms with Crippen molar-refractivity contribution in [2.45, 2.75) is 37.6 Å². The highest BCUT2D eigenvalue weighted by Crippen LogP contribution is 2.41. The number of nitrogens with zero attached hydrogens (tertiary/aromatic N) is 4. The molecule has 3 heterocycles. The minimum absolute atomic E-state index is 0.100. The number of carboxylic acids is 1. The largest absolute Gasteiger partial charge is 0.485 e. The second kappa shape index (κ2) is 9.33. The van der Waals surface area contributed by atoms with E-state index in [2.05, 4.69) is 20.0 Å². The zero-order chi connectivity index (χ0) is 25.3. The van der Waals surface area contributed by atoms with Crippen molar-refractivity contribution in [1.29, 1.82) is 0 Å². The van der Waals surface area contributed by atoms with Crippen molar-refractivity contribution in [3.63, 3.8) is 0 Å². The molecule has 188 valence electrons. The highest BCUT2D eigenvalue weighted by atomic mass is 19.4. The summed E-state index contributed by atoms with van der Waals surface area (Å²) in [7, 11) is 0. The lowest BCUT2D eigenvalue weighted by Crippen LogP contribution is -2.49. The Bertz CT molecular complexity index is 1240. The van der Waals surface area contributed by atoms with Crippen LogP contribution in [0.25, 0.3) is 0 Å². The third-order valence-corrected chi connectivity index (χ3v) is 6.87. The van der Waals surface area contributed by atoms with Gasteiger partial charge in [0.2, 0.25) is 0 Å². The number of rotatable bonds is 4. The van der Waals surface area contributed by atoms with E-state index in [0.717, 1.165) is 36.8 Å². The summed E-state index contributed by atoms with van der Waals surface area (Å²) in [6, 6.07) is 16.2. The molecule has 1 aromatic heterocycles. The first-order valence-corrected chi connectivity index (χ1v) is 11.7. The maximum atomic E-state index is 13.2. The second-order valence-corrected chi connectivity index (χ2v) is 9.19. The minimum atomic E-state index is -4.38. The van der Waals surface area contributed by atoms with Crippen LogP contribution in [0.15, 0.2) is 60.7 Å². The van der Waals surface area contributed by atoms with E-state index >= 15 is 0 Å². The van der Waals surface area contributed by atoms with Gasteiger partial charge in [0, 0.05) is 45.4 Å². The monoisotopic (exact) mass is 498 g/mol. The third kappa shape index (κ3) is 4.93. The molecule has 5 rings (SSSR count). The lowest BCUT2D eigenvalue weighted by atomic mass is 9.87. The van der Waals surface area contributed by atoms with Gasteiger partial charge < -0.3 is 19.6 Å². The van der Waals surface area contributed by atoms with E-state index in [9.17, 15) is 18.0 Å². The van der Waals surface area contributed by atoms with Crippen LogP contribution in [-0.4, -0.2) is 46.5 Å². The Morgan fingerprint density at radius 2 is 1.72 bits per heavy atom. The standard InChI is InChI=1S/C26H25F3N4O3/c27-26(28,29)19-5-3-4-18(16-19)17-33-15-12-25(36-22-7-2-1-6-21(22)33)10-13-32(14-11-25)23-9-8-20(24(34)35)30-31-23/h1-9,16H,10-15,17H2,(H,34,35). The molecule has 0 radical (unpaired) electrons. The molecule has 1 N–H and O–H groups in total. The van der Waals surface area contributed by atoms with Gasteiger partial charge in [-0.3, -0.25) is 0 Å². The molecule has 2 aromatic carbocycles. The molecule has 0 aliphatic carbocycles. The number of benzene rings is 2. The Morgan fingerprint density at radius 1 is 0.972 bits per heavy atom. The van der Waals surface area contributed by atoms with Crippen LogP contribution in [0.2, 0.25) is 0 Å². The van der Waals surface area contributed by atoms with Gasteiger partial charge in [0.1, 0.15) is 11.4 Å². The summed E-state index contributed by atoms with van der Waals surface area (Å²) in [6.07, 6.45) is -2.22. The maximum absolute atomic E-state index is 13.2. The summed E-state index contributed by atoms with van der Waals surface area (Å²) in [5, 5.41) is 16.9. The molecule has 0 atom stereocenters. The molecular formula is C26H25F3N4O3. The zero-order valence-corrected chi connectivity index (χ0v) is 19.4. The number of ether oxygens (including phenoxy) is 1. The van der Waals surface area contributed by atoms with Crippen molar-refractivity contribution >= 4 is 17.5 Å². The van der Waals surface area contributed by atoms with Gasteiger partial charge in [0.25, 0.3) is 0 Å². The molecule has 3 aromatic rings. The molecule has 0 amide bonds. The molecule has 1 spiro atoms. The van der Waals surface area contributed by atoms with E-state index in [1.54, 1.807) is 12.1 Å². The zero-order valence-electron chi connectivity index (χ0n) is 19.4. The molecule has 2 aliphatic heterocycles. The first-order chi connectivity index (χ1) is 17.2. The fourth-order valence-corrected chi connectivity index (χ4v) is 4.88. The lowest BCUT2D eigenvalue weighted by molar-refractivity contribution is -0.137. The molecule has 2 aliphatic rings. The highest BCUT2D eigenvalue weighted by Gasteiger charge is 2.40. The molecule has 0 unspecified atom stereocenters. The van der Waals surface area contributed by atoms with Crippen LogP contribution in [0.3, 0.4) is 0 Å². The van der Waals surface area contributed by atoms with Crippen LogP contribution >= 0.6 is 0 Å². The van der Waals surface area contributed by atoms with Crippen LogP contribution < -0.4 is 14.5 Å². The average molecular weight is 499 g/mol. The van der Waals surface area contributed by atoms with Crippen molar-refractivity contribution in [3.8, 4) is 5.75 Å². The number of aromatic nitrogens is 2. The Hall–Kier alpha value is -3.82. The molecule has 1 fully saturated rings. The Balaban J connectivity index is 1.32. The number of carboxylic acid groups (broad SMARTS) is 1. The predicted octanol–water partition coefficient (Wildman–Crippen LogP) is 5.02. The van der Waals surface area contributed by atoms with Gasteiger partial charge in [-0.1, -0.05) is 24.3 Å². The summed E-state index contributed by atoms with van der Waals surface area (Å²) in [4.78, 5) is 15.2. The van der Waals surface area contributed by atoms with Crippen molar-refractivity contribution in [2.75, 3.05) is 29.4 Å². The summed E-state index contributed by atoms with van der Waals surface area (Å²) in [5.74, 6) is 0.225. The van der Waals surface area contributed by atoms with E-state index in [1.807, 2.05) is 24.3 Å². The topological polar surface area (TPSA) is 78.8 Å².